The highest BCUT2D eigenvalue weighted by atomic mass is 32.2. The van der Waals surface area contributed by atoms with Gasteiger partial charge in [0.15, 0.2) is 0 Å². The van der Waals surface area contributed by atoms with E-state index in [0.29, 0.717) is 25.1 Å². The molecular weight excluding hydrogens is 276 g/mol. The summed E-state index contributed by atoms with van der Waals surface area (Å²) in [6.07, 6.45) is 1.77. The van der Waals surface area contributed by atoms with Gasteiger partial charge in [-0.1, -0.05) is 18.2 Å². The maximum atomic E-state index is 11.9. The van der Waals surface area contributed by atoms with E-state index in [9.17, 15) is 13.2 Å². The molecule has 0 atom stereocenters. The van der Waals surface area contributed by atoms with Gasteiger partial charge in [-0.3, -0.25) is 4.79 Å². The Hall–Kier alpha value is -1.66. The van der Waals surface area contributed by atoms with E-state index >= 15 is 0 Å². The Labute approximate surface area is 117 Å². The quantitative estimate of drug-likeness (QED) is 0.781. The number of sulfone groups is 1. The van der Waals surface area contributed by atoms with Crippen molar-refractivity contribution in [3.63, 3.8) is 0 Å². The van der Waals surface area contributed by atoms with Crippen molar-refractivity contribution < 1.29 is 8.42 Å². The van der Waals surface area contributed by atoms with Crippen LogP contribution in [0, 0.1) is 0 Å². The highest BCUT2D eigenvalue weighted by molar-refractivity contribution is 7.90. The molecule has 0 aliphatic rings. The van der Waals surface area contributed by atoms with Gasteiger partial charge in [0.1, 0.15) is 9.84 Å². The molecule has 1 aromatic carbocycles. The van der Waals surface area contributed by atoms with Crippen LogP contribution in [0.2, 0.25) is 0 Å². The highest BCUT2D eigenvalue weighted by Crippen LogP contribution is 2.09. The van der Waals surface area contributed by atoms with Crippen LogP contribution in [0.5, 0.6) is 0 Å². The molecule has 6 heteroatoms. The molecule has 0 amide bonds. The molecule has 2 rings (SSSR count). The maximum Gasteiger partial charge on any atom is 0.252 e. The number of hydrogen-bond donors (Lipinski definition) is 2. The summed E-state index contributed by atoms with van der Waals surface area (Å²) >= 11 is 0. The van der Waals surface area contributed by atoms with Gasteiger partial charge in [-0.15, -0.1) is 0 Å². The number of rotatable bonds is 6. The zero-order valence-corrected chi connectivity index (χ0v) is 12.2. The average Bonchev–Trinajstić information content (AvgIpc) is 2.37. The number of nitrogens with one attached hydrogen (secondary N) is 2. The minimum Gasteiger partial charge on any atom is -0.322 e. The van der Waals surface area contributed by atoms with E-state index in [4.69, 9.17) is 0 Å². The Morgan fingerprint density at radius 3 is 2.75 bits per heavy atom. The summed E-state index contributed by atoms with van der Waals surface area (Å²) < 4.78 is 22.0. The number of H-pyrrole nitrogens is 1. The van der Waals surface area contributed by atoms with Gasteiger partial charge in [0.25, 0.3) is 5.56 Å². The Balaban J connectivity index is 1.96. The van der Waals surface area contributed by atoms with E-state index in [1.165, 1.54) is 6.26 Å². The summed E-state index contributed by atoms with van der Waals surface area (Å²) in [4.78, 5) is 14.7. The Morgan fingerprint density at radius 2 is 2.00 bits per heavy atom. The van der Waals surface area contributed by atoms with Crippen molar-refractivity contribution >= 4 is 20.7 Å². The summed E-state index contributed by atoms with van der Waals surface area (Å²) in [7, 11) is -2.91. The summed E-state index contributed by atoms with van der Waals surface area (Å²) in [6, 6.07) is 9.46. The molecule has 0 unspecified atom stereocenters. The molecule has 108 valence electrons. The fourth-order valence-corrected chi connectivity index (χ4v) is 2.67. The van der Waals surface area contributed by atoms with Crippen LogP contribution in [-0.4, -0.2) is 32.0 Å². The lowest BCUT2D eigenvalue weighted by Gasteiger charge is -2.05. The van der Waals surface area contributed by atoms with Crippen LogP contribution in [0.3, 0.4) is 0 Å². The average molecular weight is 294 g/mol. The summed E-state index contributed by atoms with van der Waals surface area (Å²) in [6.45, 7) is 1.00. The third-order valence-electron chi connectivity index (χ3n) is 3.01. The SMILES string of the molecule is CS(=O)(=O)CCCNCc1cc2ccccc2[nH]c1=O. The first-order valence-electron chi connectivity index (χ1n) is 6.45. The molecule has 20 heavy (non-hydrogen) atoms. The molecule has 0 radical (unpaired) electrons. The third-order valence-corrected chi connectivity index (χ3v) is 4.04. The molecule has 0 aliphatic heterocycles. The molecule has 0 spiro atoms. The Bertz CT molecular complexity index is 750. The fraction of sp³-hybridized carbons (Fsp3) is 0.357. The predicted octanol–water partition coefficient (Wildman–Crippen LogP) is 1.05. The lowest BCUT2D eigenvalue weighted by molar-refractivity contribution is 0.594. The number of fused-ring (bicyclic) bond motifs is 1. The molecular formula is C14H18N2O3S. The molecule has 0 saturated carbocycles. The topological polar surface area (TPSA) is 79.0 Å². The molecule has 2 aromatic rings. The van der Waals surface area contributed by atoms with Gasteiger partial charge < -0.3 is 10.3 Å². The second kappa shape index (κ2) is 6.19. The number of hydrogen-bond acceptors (Lipinski definition) is 4. The number of pyridine rings is 1. The second-order valence-corrected chi connectivity index (χ2v) is 7.13. The second-order valence-electron chi connectivity index (χ2n) is 4.87. The van der Waals surface area contributed by atoms with E-state index < -0.39 is 9.84 Å². The maximum absolute atomic E-state index is 11.9. The van der Waals surface area contributed by atoms with E-state index in [2.05, 4.69) is 10.3 Å². The minimum absolute atomic E-state index is 0.112. The highest BCUT2D eigenvalue weighted by Gasteiger charge is 2.03. The smallest absolute Gasteiger partial charge is 0.252 e. The number of aromatic amines is 1. The van der Waals surface area contributed by atoms with Gasteiger partial charge in [-0.2, -0.15) is 0 Å². The summed E-state index contributed by atoms with van der Waals surface area (Å²) in [5, 5.41) is 4.08. The van der Waals surface area contributed by atoms with Crippen LogP contribution >= 0.6 is 0 Å². The lowest BCUT2D eigenvalue weighted by Crippen LogP contribution is -2.23. The standard InChI is InChI=1S/C14H18N2O3S/c1-20(18,19)8-4-7-15-10-12-9-11-5-2-3-6-13(11)16-14(12)17/h2-3,5-6,9,15H,4,7-8,10H2,1H3,(H,16,17). The Kier molecular flexibility index (Phi) is 4.57. The van der Waals surface area contributed by atoms with E-state index in [1.807, 2.05) is 30.3 Å². The van der Waals surface area contributed by atoms with Crippen molar-refractivity contribution in [3.05, 3.63) is 46.2 Å². The van der Waals surface area contributed by atoms with Crippen LogP contribution in [0.4, 0.5) is 0 Å². The van der Waals surface area contributed by atoms with Crippen LogP contribution in [0.1, 0.15) is 12.0 Å². The van der Waals surface area contributed by atoms with E-state index in [0.717, 1.165) is 10.9 Å². The first-order chi connectivity index (χ1) is 9.46. The minimum atomic E-state index is -2.91. The van der Waals surface area contributed by atoms with Gasteiger partial charge in [0.2, 0.25) is 0 Å². The van der Waals surface area contributed by atoms with E-state index in [1.54, 1.807) is 0 Å². The number of benzene rings is 1. The van der Waals surface area contributed by atoms with Gasteiger partial charge in [0.05, 0.1) is 5.75 Å². The zero-order chi connectivity index (χ0) is 14.6. The molecule has 1 aromatic heterocycles. The van der Waals surface area contributed by atoms with Gasteiger partial charge >= 0.3 is 0 Å². The van der Waals surface area contributed by atoms with Crippen molar-refractivity contribution in [2.45, 2.75) is 13.0 Å². The van der Waals surface area contributed by atoms with Crippen LogP contribution < -0.4 is 10.9 Å². The van der Waals surface area contributed by atoms with Crippen molar-refractivity contribution in [3.8, 4) is 0 Å². The Morgan fingerprint density at radius 1 is 1.25 bits per heavy atom. The normalized spacial score (nSPS) is 11.8. The molecule has 1 heterocycles. The molecule has 2 N–H and O–H groups in total. The van der Waals surface area contributed by atoms with Gasteiger partial charge in [0, 0.05) is 23.9 Å². The first-order valence-corrected chi connectivity index (χ1v) is 8.51. The zero-order valence-electron chi connectivity index (χ0n) is 11.3. The van der Waals surface area contributed by atoms with Gasteiger partial charge in [-0.25, -0.2) is 8.42 Å². The van der Waals surface area contributed by atoms with Crippen LogP contribution in [0.15, 0.2) is 35.1 Å². The van der Waals surface area contributed by atoms with Crippen LogP contribution in [0.25, 0.3) is 10.9 Å². The third kappa shape index (κ3) is 4.18. The van der Waals surface area contributed by atoms with Crippen molar-refractivity contribution in [1.82, 2.24) is 10.3 Å². The fourth-order valence-electron chi connectivity index (χ4n) is 2.01. The number of para-hydroxylation sites is 1. The van der Waals surface area contributed by atoms with Crippen molar-refractivity contribution in [2.75, 3.05) is 18.6 Å². The molecule has 0 aliphatic carbocycles. The van der Waals surface area contributed by atoms with E-state index in [-0.39, 0.29) is 11.3 Å². The van der Waals surface area contributed by atoms with Crippen molar-refractivity contribution in [2.24, 2.45) is 0 Å². The molecule has 5 nitrogen and oxygen atoms in total. The monoisotopic (exact) mass is 294 g/mol. The predicted molar refractivity (Wildman–Crippen MR) is 80.6 cm³/mol. The summed E-state index contributed by atoms with van der Waals surface area (Å²) in [5.74, 6) is 0.161. The van der Waals surface area contributed by atoms with Crippen molar-refractivity contribution in [1.29, 1.82) is 0 Å². The largest absolute Gasteiger partial charge is 0.322 e. The molecule has 0 fully saturated rings. The molecule has 0 bridgehead atoms. The lowest BCUT2D eigenvalue weighted by atomic mass is 10.1. The van der Waals surface area contributed by atoms with Gasteiger partial charge in [-0.05, 0) is 30.5 Å². The first kappa shape index (κ1) is 14.7. The molecule has 0 saturated heterocycles. The van der Waals surface area contributed by atoms with Crippen LogP contribution in [-0.2, 0) is 16.4 Å². The number of aromatic nitrogens is 1. The summed E-state index contributed by atoms with van der Waals surface area (Å²) in [5.41, 5.74) is 1.36.